The number of ether oxygens (including phenoxy) is 1. The second-order valence-corrected chi connectivity index (χ2v) is 4.93. The van der Waals surface area contributed by atoms with Crippen LogP contribution >= 0.6 is 15.9 Å². The van der Waals surface area contributed by atoms with E-state index in [2.05, 4.69) is 21.2 Å². The topological polar surface area (TPSA) is 55.4 Å². The Kier molecular flexibility index (Phi) is 5.34. The van der Waals surface area contributed by atoms with Gasteiger partial charge in [0.2, 0.25) is 0 Å². The number of carbonyl (C=O) groups excluding carboxylic acids is 2. The van der Waals surface area contributed by atoms with Gasteiger partial charge in [-0.05, 0) is 19.4 Å². The average molecular weight is 314 g/mol. The second kappa shape index (κ2) is 6.54. The van der Waals surface area contributed by atoms with Gasteiger partial charge in [0.05, 0.1) is 10.9 Å². The summed E-state index contributed by atoms with van der Waals surface area (Å²) in [6, 6.07) is 9.36. The number of nitrogens with one attached hydrogen (secondary N) is 1. The normalized spacial score (nSPS) is 10.8. The van der Waals surface area contributed by atoms with Crippen molar-refractivity contribution in [3.8, 4) is 0 Å². The number of amides is 1. The molecule has 1 amide bonds. The number of carbonyl (C=O) groups is 2. The molecule has 0 heterocycles. The van der Waals surface area contributed by atoms with Crippen LogP contribution in [0.2, 0.25) is 0 Å². The standard InChI is InChI=1S/C13H16BrNO3/c1-13(2,11(16)8-14)15-12(17)18-9-10-6-4-3-5-7-10/h3-7H,8-9H2,1-2H3,(H,15,17). The van der Waals surface area contributed by atoms with Crippen LogP contribution in [0.3, 0.4) is 0 Å². The van der Waals surface area contributed by atoms with Crippen molar-refractivity contribution in [2.45, 2.75) is 26.0 Å². The van der Waals surface area contributed by atoms with E-state index in [0.29, 0.717) is 0 Å². The molecule has 0 radical (unpaired) electrons. The summed E-state index contributed by atoms with van der Waals surface area (Å²) in [6.07, 6.45) is -0.599. The Morgan fingerprint density at radius 3 is 2.44 bits per heavy atom. The lowest BCUT2D eigenvalue weighted by molar-refractivity contribution is -0.121. The number of ketones is 1. The smallest absolute Gasteiger partial charge is 0.408 e. The third kappa shape index (κ3) is 4.49. The van der Waals surface area contributed by atoms with Crippen LogP contribution in [-0.4, -0.2) is 22.7 Å². The maximum absolute atomic E-state index is 11.6. The molecule has 1 rings (SSSR count). The van der Waals surface area contributed by atoms with Crippen molar-refractivity contribution < 1.29 is 14.3 Å². The van der Waals surface area contributed by atoms with Crippen molar-refractivity contribution in [2.24, 2.45) is 0 Å². The fraction of sp³-hybridized carbons (Fsp3) is 0.385. The first-order valence-corrected chi connectivity index (χ1v) is 6.66. The van der Waals surface area contributed by atoms with E-state index in [1.807, 2.05) is 30.3 Å². The van der Waals surface area contributed by atoms with Gasteiger partial charge in [-0.1, -0.05) is 46.3 Å². The number of Topliss-reactive ketones (excluding diaryl/α,β-unsaturated/α-hetero) is 1. The molecule has 4 nitrogen and oxygen atoms in total. The van der Waals surface area contributed by atoms with Crippen molar-refractivity contribution in [1.29, 1.82) is 0 Å². The van der Waals surface area contributed by atoms with Crippen molar-refractivity contribution >= 4 is 27.8 Å². The molecular weight excluding hydrogens is 298 g/mol. The summed E-state index contributed by atoms with van der Waals surface area (Å²) < 4.78 is 5.04. The molecule has 0 aliphatic carbocycles. The highest BCUT2D eigenvalue weighted by atomic mass is 79.9. The van der Waals surface area contributed by atoms with Gasteiger partial charge in [0.1, 0.15) is 6.61 Å². The van der Waals surface area contributed by atoms with Crippen LogP contribution in [-0.2, 0) is 16.1 Å². The summed E-state index contributed by atoms with van der Waals surface area (Å²) >= 11 is 3.07. The van der Waals surface area contributed by atoms with Gasteiger partial charge in [-0.3, -0.25) is 4.79 Å². The molecule has 0 fully saturated rings. The van der Waals surface area contributed by atoms with Crippen LogP contribution in [0.15, 0.2) is 30.3 Å². The van der Waals surface area contributed by atoms with Crippen LogP contribution in [0.4, 0.5) is 4.79 Å². The predicted molar refractivity (Wildman–Crippen MR) is 72.6 cm³/mol. The maximum Gasteiger partial charge on any atom is 0.408 e. The summed E-state index contributed by atoms with van der Waals surface area (Å²) in [5.41, 5.74) is -0.0330. The third-order valence-corrected chi connectivity index (χ3v) is 2.96. The number of hydrogen-bond acceptors (Lipinski definition) is 3. The van der Waals surface area contributed by atoms with Gasteiger partial charge in [-0.2, -0.15) is 0 Å². The Hall–Kier alpha value is -1.36. The minimum atomic E-state index is -0.933. The van der Waals surface area contributed by atoms with Gasteiger partial charge in [0.25, 0.3) is 0 Å². The fourth-order valence-corrected chi connectivity index (χ4v) is 1.95. The van der Waals surface area contributed by atoms with E-state index >= 15 is 0 Å². The van der Waals surface area contributed by atoms with Gasteiger partial charge >= 0.3 is 6.09 Å². The highest BCUT2D eigenvalue weighted by Crippen LogP contribution is 2.07. The SMILES string of the molecule is CC(C)(NC(=O)OCc1ccccc1)C(=O)CBr. The minimum Gasteiger partial charge on any atom is -0.445 e. The highest BCUT2D eigenvalue weighted by Gasteiger charge is 2.28. The second-order valence-electron chi connectivity index (χ2n) is 4.37. The first-order valence-electron chi connectivity index (χ1n) is 5.54. The van der Waals surface area contributed by atoms with Crippen LogP contribution in [0.25, 0.3) is 0 Å². The molecule has 1 aromatic rings. The van der Waals surface area contributed by atoms with Crippen LogP contribution in [0.1, 0.15) is 19.4 Å². The summed E-state index contributed by atoms with van der Waals surface area (Å²) in [4.78, 5) is 23.1. The van der Waals surface area contributed by atoms with Crippen molar-refractivity contribution in [3.05, 3.63) is 35.9 Å². The Morgan fingerprint density at radius 1 is 1.28 bits per heavy atom. The monoisotopic (exact) mass is 313 g/mol. The first kappa shape index (κ1) is 14.7. The molecule has 1 N–H and O–H groups in total. The van der Waals surface area contributed by atoms with Gasteiger partial charge < -0.3 is 10.1 Å². The Labute approximate surface area is 115 Å². The predicted octanol–water partition coefficient (Wildman–Crippen LogP) is 2.66. The molecule has 0 saturated carbocycles. The molecule has 0 atom stereocenters. The van der Waals surface area contributed by atoms with E-state index < -0.39 is 11.6 Å². The number of rotatable bonds is 5. The summed E-state index contributed by atoms with van der Waals surface area (Å²) in [6.45, 7) is 3.46. The molecule has 0 spiro atoms. The van der Waals surface area contributed by atoms with E-state index in [0.717, 1.165) is 5.56 Å². The van der Waals surface area contributed by atoms with Gasteiger partial charge in [0.15, 0.2) is 5.78 Å². The molecule has 1 aromatic carbocycles. The van der Waals surface area contributed by atoms with E-state index in [1.165, 1.54) is 0 Å². The Morgan fingerprint density at radius 2 is 1.89 bits per heavy atom. The third-order valence-electron chi connectivity index (χ3n) is 2.45. The van der Waals surface area contributed by atoms with E-state index in [9.17, 15) is 9.59 Å². The van der Waals surface area contributed by atoms with Gasteiger partial charge in [0, 0.05) is 0 Å². The number of halogens is 1. The van der Waals surface area contributed by atoms with E-state index in [1.54, 1.807) is 13.8 Å². The minimum absolute atomic E-state index is 0.112. The zero-order chi connectivity index (χ0) is 13.6. The summed E-state index contributed by atoms with van der Waals surface area (Å²) in [7, 11) is 0. The zero-order valence-electron chi connectivity index (χ0n) is 10.4. The Bertz CT molecular complexity index is 418. The lowest BCUT2D eigenvalue weighted by Gasteiger charge is -2.23. The van der Waals surface area contributed by atoms with Gasteiger partial charge in [-0.25, -0.2) is 4.79 Å². The molecule has 18 heavy (non-hydrogen) atoms. The maximum atomic E-state index is 11.6. The zero-order valence-corrected chi connectivity index (χ0v) is 12.0. The van der Waals surface area contributed by atoms with Crippen molar-refractivity contribution in [2.75, 3.05) is 5.33 Å². The lowest BCUT2D eigenvalue weighted by atomic mass is 10.0. The van der Waals surface area contributed by atoms with Crippen LogP contribution in [0.5, 0.6) is 0 Å². The highest BCUT2D eigenvalue weighted by molar-refractivity contribution is 9.09. The average Bonchev–Trinajstić information content (AvgIpc) is 2.36. The van der Waals surface area contributed by atoms with Crippen molar-refractivity contribution in [3.63, 3.8) is 0 Å². The molecule has 0 saturated heterocycles. The molecule has 0 aliphatic rings. The Balaban J connectivity index is 2.45. The molecule has 0 aliphatic heterocycles. The van der Waals surface area contributed by atoms with Gasteiger partial charge in [-0.15, -0.1) is 0 Å². The fourth-order valence-electron chi connectivity index (χ4n) is 1.25. The molecule has 0 aromatic heterocycles. The lowest BCUT2D eigenvalue weighted by Crippen LogP contribution is -2.50. The molecule has 5 heteroatoms. The first-order chi connectivity index (χ1) is 8.45. The number of alkyl carbamates (subject to hydrolysis) is 1. The van der Waals surface area contributed by atoms with E-state index in [-0.39, 0.29) is 17.7 Å². The summed E-state index contributed by atoms with van der Waals surface area (Å²) in [5.74, 6) is -0.112. The van der Waals surface area contributed by atoms with E-state index in [4.69, 9.17) is 4.74 Å². The van der Waals surface area contributed by atoms with Crippen LogP contribution in [0, 0.1) is 0 Å². The molecule has 0 unspecified atom stereocenters. The molecular formula is C13H16BrNO3. The molecule has 98 valence electrons. The number of benzene rings is 1. The van der Waals surface area contributed by atoms with Crippen molar-refractivity contribution in [1.82, 2.24) is 5.32 Å². The quantitative estimate of drug-likeness (QED) is 0.850. The molecule has 0 bridgehead atoms. The largest absolute Gasteiger partial charge is 0.445 e. The number of alkyl halides is 1. The summed E-state index contributed by atoms with van der Waals surface area (Å²) in [5, 5.41) is 2.73. The number of hydrogen-bond donors (Lipinski definition) is 1. The van der Waals surface area contributed by atoms with Crippen LogP contribution < -0.4 is 5.32 Å².